The molecule has 40 heavy (non-hydrogen) atoms. The summed E-state index contributed by atoms with van der Waals surface area (Å²) >= 11 is 0. The van der Waals surface area contributed by atoms with E-state index in [1.165, 1.54) is 55.7 Å². The van der Waals surface area contributed by atoms with Gasteiger partial charge in [-0.25, -0.2) is 9.52 Å². The highest BCUT2D eigenvalue weighted by Crippen LogP contribution is 2.39. The first-order valence-corrected chi connectivity index (χ1v) is 16.8. The highest BCUT2D eigenvalue weighted by atomic mass is 32.2. The lowest BCUT2D eigenvalue weighted by atomic mass is 10.1. The fraction of sp³-hybridized carbons (Fsp3) is 0.964. The van der Waals surface area contributed by atoms with Crippen molar-refractivity contribution < 1.29 is 41.6 Å². The van der Waals surface area contributed by atoms with Crippen LogP contribution in [0.4, 0.5) is 4.79 Å². The molecule has 3 rings (SSSR count). The molecule has 12 heteroatoms. The molecular weight excluding hydrogens is 540 g/mol. The Morgan fingerprint density at radius 1 is 0.875 bits per heavy atom. The summed E-state index contributed by atoms with van der Waals surface area (Å²) in [5.41, 5.74) is 0. The summed E-state index contributed by atoms with van der Waals surface area (Å²) in [4.78, 5) is 12.3. The maximum Gasteiger partial charge on any atom is 0.422 e. The molecule has 3 aliphatic rings. The van der Waals surface area contributed by atoms with Crippen molar-refractivity contribution in [1.82, 2.24) is 9.03 Å². The standard InChI is InChI=1S/C28H52N2O9S/c1-4-5-6-7-8-9-10-11-15-19-34-20-16-21-35-26-25-24(38-28(2,3)39-25)23(37-26)22-36-27(31)29-40(32,33)30-17-13-12-14-18-30/h23-26H,4-22H2,1-3H3,(H,29,31)/t23-,24+,25+,26-/m1/s1. The van der Waals surface area contributed by atoms with Gasteiger partial charge in [0.25, 0.3) is 0 Å². The van der Waals surface area contributed by atoms with Gasteiger partial charge in [-0.05, 0) is 39.5 Å². The summed E-state index contributed by atoms with van der Waals surface area (Å²) in [6.45, 7) is 8.25. The number of rotatable bonds is 19. The predicted octanol–water partition coefficient (Wildman–Crippen LogP) is 4.64. The van der Waals surface area contributed by atoms with E-state index in [-0.39, 0.29) is 6.61 Å². The van der Waals surface area contributed by atoms with Crippen LogP contribution in [0.25, 0.3) is 0 Å². The fourth-order valence-corrected chi connectivity index (χ4v) is 6.49. The Kier molecular flexibility index (Phi) is 14.4. The number of fused-ring (bicyclic) bond motifs is 1. The van der Waals surface area contributed by atoms with Crippen molar-refractivity contribution in [2.24, 2.45) is 0 Å². The monoisotopic (exact) mass is 592 g/mol. The number of nitrogens with zero attached hydrogens (tertiary/aromatic N) is 1. The fourth-order valence-electron chi connectivity index (χ4n) is 5.35. The van der Waals surface area contributed by atoms with E-state index < -0.39 is 46.7 Å². The van der Waals surface area contributed by atoms with Gasteiger partial charge in [0.15, 0.2) is 12.1 Å². The van der Waals surface area contributed by atoms with Crippen molar-refractivity contribution in [3.63, 3.8) is 0 Å². The molecule has 0 saturated carbocycles. The highest BCUT2D eigenvalue weighted by molar-refractivity contribution is 7.87. The van der Waals surface area contributed by atoms with E-state index in [1.54, 1.807) is 13.8 Å². The number of hydrogen-bond donors (Lipinski definition) is 1. The van der Waals surface area contributed by atoms with E-state index in [2.05, 4.69) is 6.92 Å². The van der Waals surface area contributed by atoms with Crippen molar-refractivity contribution in [3.05, 3.63) is 0 Å². The third kappa shape index (κ3) is 11.3. The number of carbonyl (C=O) groups excluding carboxylic acids is 1. The molecule has 0 aliphatic carbocycles. The SMILES string of the molecule is CCCCCCCCCCCOCCCO[C@@H]1O[C@H](COC(=O)NS(=O)(=O)N2CCCCC2)[C@@H]2OC(C)(C)O[C@H]12. The predicted molar refractivity (Wildman–Crippen MR) is 150 cm³/mol. The molecule has 0 spiro atoms. The van der Waals surface area contributed by atoms with Crippen LogP contribution in [0.15, 0.2) is 0 Å². The van der Waals surface area contributed by atoms with Crippen LogP contribution in [-0.2, 0) is 38.6 Å². The Labute approximate surface area is 241 Å². The molecule has 234 valence electrons. The number of hydrogen-bond acceptors (Lipinski definition) is 9. The largest absolute Gasteiger partial charge is 0.446 e. The maximum absolute atomic E-state index is 12.4. The van der Waals surface area contributed by atoms with Crippen LogP contribution in [0.1, 0.15) is 104 Å². The maximum atomic E-state index is 12.4. The molecule has 3 heterocycles. The van der Waals surface area contributed by atoms with Crippen molar-refractivity contribution in [2.75, 3.05) is 39.5 Å². The van der Waals surface area contributed by atoms with Gasteiger partial charge >= 0.3 is 16.3 Å². The topological polar surface area (TPSA) is 122 Å². The Hall–Kier alpha value is -1.02. The Morgan fingerprint density at radius 3 is 2.20 bits per heavy atom. The quantitative estimate of drug-likeness (QED) is 0.214. The minimum atomic E-state index is -3.93. The van der Waals surface area contributed by atoms with Gasteiger partial charge in [-0.2, -0.15) is 12.7 Å². The zero-order valence-corrected chi connectivity index (χ0v) is 25.6. The Bertz CT molecular complexity index is 836. The molecule has 0 aromatic carbocycles. The van der Waals surface area contributed by atoms with Crippen LogP contribution < -0.4 is 4.72 Å². The number of unbranched alkanes of at least 4 members (excludes halogenated alkanes) is 8. The molecule has 3 saturated heterocycles. The molecule has 1 N–H and O–H groups in total. The van der Waals surface area contributed by atoms with E-state index in [0.29, 0.717) is 26.3 Å². The summed E-state index contributed by atoms with van der Waals surface area (Å²) in [7, 11) is -3.93. The van der Waals surface area contributed by atoms with Gasteiger partial charge in [0, 0.05) is 26.3 Å². The van der Waals surface area contributed by atoms with Gasteiger partial charge in [0.05, 0.1) is 6.61 Å². The molecule has 3 aliphatic heterocycles. The number of carbonyl (C=O) groups is 1. The van der Waals surface area contributed by atoms with Crippen LogP contribution in [0.2, 0.25) is 0 Å². The third-order valence-corrected chi connectivity index (χ3v) is 8.93. The molecule has 0 unspecified atom stereocenters. The first kappa shape index (κ1) is 33.5. The van der Waals surface area contributed by atoms with Gasteiger partial charge in [0.1, 0.15) is 24.9 Å². The summed E-state index contributed by atoms with van der Waals surface area (Å²) in [6, 6.07) is 0. The first-order chi connectivity index (χ1) is 19.2. The Balaban J connectivity index is 1.29. The molecule has 11 nitrogen and oxygen atoms in total. The second kappa shape index (κ2) is 17.2. The summed E-state index contributed by atoms with van der Waals surface area (Å²) in [5, 5.41) is 0. The van der Waals surface area contributed by atoms with E-state index in [1.807, 2.05) is 4.72 Å². The van der Waals surface area contributed by atoms with Gasteiger partial charge in [-0.1, -0.05) is 64.7 Å². The van der Waals surface area contributed by atoms with E-state index in [0.717, 1.165) is 38.7 Å². The molecule has 0 radical (unpaired) electrons. The van der Waals surface area contributed by atoms with E-state index >= 15 is 0 Å². The van der Waals surface area contributed by atoms with Crippen molar-refractivity contribution >= 4 is 16.3 Å². The van der Waals surface area contributed by atoms with Crippen LogP contribution in [0.5, 0.6) is 0 Å². The molecule has 3 fully saturated rings. The zero-order valence-electron chi connectivity index (χ0n) is 24.8. The minimum Gasteiger partial charge on any atom is -0.446 e. The van der Waals surface area contributed by atoms with Crippen molar-refractivity contribution in [2.45, 2.75) is 135 Å². The zero-order chi connectivity index (χ0) is 28.8. The van der Waals surface area contributed by atoms with Crippen LogP contribution in [0, 0.1) is 0 Å². The molecule has 0 aromatic rings. The average molecular weight is 593 g/mol. The van der Waals surface area contributed by atoms with Gasteiger partial charge in [-0.3, -0.25) is 0 Å². The van der Waals surface area contributed by atoms with E-state index in [9.17, 15) is 13.2 Å². The smallest absolute Gasteiger partial charge is 0.422 e. The van der Waals surface area contributed by atoms with Crippen molar-refractivity contribution in [3.8, 4) is 0 Å². The van der Waals surface area contributed by atoms with Gasteiger partial charge in [-0.15, -0.1) is 0 Å². The minimum absolute atomic E-state index is 0.191. The summed E-state index contributed by atoms with van der Waals surface area (Å²) in [6.07, 6.45) is 11.5. The molecule has 0 aromatic heterocycles. The lowest BCUT2D eigenvalue weighted by Gasteiger charge is -2.26. The lowest BCUT2D eigenvalue weighted by Crippen LogP contribution is -2.46. The number of nitrogens with one attached hydrogen (secondary N) is 1. The summed E-state index contributed by atoms with van der Waals surface area (Å²) in [5.74, 6) is -0.836. The second-order valence-corrected chi connectivity index (χ2v) is 13.1. The van der Waals surface area contributed by atoms with Crippen LogP contribution >= 0.6 is 0 Å². The number of ether oxygens (including phenoxy) is 6. The average Bonchev–Trinajstić information content (AvgIpc) is 3.40. The molecule has 1 amide bonds. The van der Waals surface area contributed by atoms with Crippen LogP contribution in [-0.4, -0.2) is 88.7 Å². The lowest BCUT2D eigenvalue weighted by molar-refractivity contribution is -0.236. The van der Waals surface area contributed by atoms with E-state index in [4.69, 9.17) is 28.4 Å². The molecule has 4 atom stereocenters. The van der Waals surface area contributed by atoms with Crippen molar-refractivity contribution in [1.29, 1.82) is 0 Å². The number of amides is 1. The van der Waals surface area contributed by atoms with Gasteiger partial charge in [0.2, 0.25) is 0 Å². The molecular formula is C28H52N2O9S. The number of piperidine rings is 1. The third-order valence-electron chi connectivity index (χ3n) is 7.46. The Morgan fingerprint density at radius 2 is 1.50 bits per heavy atom. The highest BCUT2D eigenvalue weighted by Gasteiger charge is 2.56. The van der Waals surface area contributed by atoms with Crippen LogP contribution in [0.3, 0.4) is 0 Å². The normalized spacial score (nSPS) is 26.6. The van der Waals surface area contributed by atoms with Gasteiger partial charge < -0.3 is 28.4 Å². The first-order valence-electron chi connectivity index (χ1n) is 15.4. The summed E-state index contributed by atoms with van der Waals surface area (Å²) < 4.78 is 62.9. The second-order valence-electron chi connectivity index (χ2n) is 11.4. The molecule has 0 bridgehead atoms.